The van der Waals surface area contributed by atoms with Gasteiger partial charge in [0.05, 0.1) is 6.54 Å². The van der Waals surface area contributed by atoms with Gasteiger partial charge in [-0.3, -0.25) is 4.79 Å². The van der Waals surface area contributed by atoms with E-state index < -0.39 is 12.1 Å². The van der Waals surface area contributed by atoms with Crippen molar-refractivity contribution in [2.45, 2.75) is 44.6 Å². The summed E-state index contributed by atoms with van der Waals surface area (Å²) in [7, 11) is 0. The van der Waals surface area contributed by atoms with Crippen LogP contribution in [0.25, 0.3) is 0 Å². The molecule has 1 amide bonds. The average molecular weight is 258 g/mol. The van der Waals surface area contributed by atoms with Gasteiger partial charge in [0.1, 0.15) is 0 Å². The topological polar surface area (TPSA) is 113 Å². The lowest BCUT2D eigenvalue weighted by Gasteiger charge is -2.35. The third kappa shape index (κ3) is 4.27. The van der Waals surface area contributed by atoms with Crippen LogP contribution >= 0.6 is 0 Å². The van der Waals surface area contributed by atoms with E-state index in [1.165, 1.54) is 6.42 Å². The molecule has 0 bridgehead atoms. The van der Waals surface area contributed by atoms with Crippen LogP contribution in [-0.4, -0.2) is 41.3 Å². The van der Waals surface area contributed by atoms with Crippen LogP contribution in [0.1, 0.15) is 38.5 Å². The van der Waals surface area contributed by atoms with Gasteiger partial charge < -0.3 is 21.3 Å². The Balaban J connectivity index is 2.40. The Morgan fingerprint density at radius 3 is 2.39 bits per heavy atom. The zero-order chi connectivity index (χ0) is 13.6. The zero-order valence-electron chi connectivity index (χ0n) is 10.5. The minimum atomic E-state index is -1.55. The minimum Gasteiger partial charge on any atom is -0.479 e. The lowest BCUT2D eigenvalue weighted by Crippen LogP contribution is -2.41. The molecule has 1 atom stereocenters. The Morgan fingerprint density at radius 2 is 1.89 bits per heavy atom. The molecule has 0 aliphatic heterocycles. The van der Waals surface area contributed by atoms with Crippen molar-refractivity contribution in [2.24, 2.45) is 11.1 Å². The molecule has 0 saturated heterocycles. The minimum absolute atomic E-state index is 0.142. The summed E-state index contributed by atoms with van der Waals surface area (Å²) < 4.78 is 0. The third-order valence-corrected chi connectivity index (χ3v) is 3.66. The number of carbonyl (C=O) groups is 2. The summed E-state index contributed by atoms with van der Waals surface area (Å²) >= 11 is 0. The second-order valence-corrected chi connectivity index (χ2v) is 5.10. The van der Waals surface area contributed by atoms with E-state index in [9.17, 15) is 9.59 Å². The first-order valence-electron chi connectivity index (χ1n) is 6.37. The fraction of sp³-hybridized carbons (Fsp3) is 0.833. The number of nitrogens with two attached hydrogens (primary N) is 1. The maximum atomic E-state index is 11.7. The molecule has 1 fully saturated rings. The van der Waals surface area contributed by atoms with Crippen molar-refractivity contribution in [2.75, 3.05) is 13.1 Å². The Morgan fingerprint density at radius 1 is 1.28 bits per heavy atom. The Labute approximate surface area is 107 Å². The number of carboxylic acids is 1. The van der Waals surface area contributed by atoms with Gasteiger partial charge in [-0.1, -0.05) is 19.3 Å². The maximum absolute atomic E-state index is 11.7. The summed E-state index contributed by atoms with van der Waals surface area (Å²) in [5.41, 5.74) is 5.62. The van der Waals surface area contributed by atoms with E-state index in [1.807, 2.05) is 0 Å². The first-order chi connectivity index (χ1) is 8.49. The SMILES string of the molecule is NCC1(CC(=O)NCC(O)C(=O)O)CCCCC1. The first kappa shape index (κ1) is 14.9. The molecule has 0 aromatic heterocycles. The molecule has 6 nitrogen and oxygen atoms in total. The number of hydrogen-bond donors (Lipinski definition) is 4. The molecule has 1 unspecified atom stereocenters. The zero-order valence-corrected chi connectivity index (χ0v) is 10.5. The molecule has 1 rings (SSSR count). The van der Waals surface area contributed by atoms with Gasteiger partial charge in [-0.05, 0) is 24.8 Å². The highest BCUT2D eigenvalue weighted by Crippen LogP contribution is 2.38. The van der Waals surface area contributed by atoms with E-state index in [1.54, 1.807) is 0 Å². The quantitative estimate of drug-likeness (QED) is 0.529. The van der Waals surface area contributed by atoms with Crippen molar-refractivity contribution in [3.05, 3.63) is 0 Å². The normalized spacial score (nSPS) is 20.1. The second kappa shape index (κ2) is 6.70. The van der Waals surface area contributed by atoms with Gasteiger partial charge >= 0.3 is 5.97 Å². The molecule has 0 aromatic carbocycles. The van der Waals surface area contributed by atoms with E-state index in [4.69, 9.17) is 15.9 Å². The smallest absolute Gasteiger partial charge is 0.334 e. The number of carboxylic acid groups (broad SMARTS) is 1. The van der Waals surface area contributed by atoms with E-state index in [-0.39, 0.29) is 17.9 Å². The molecule has 0 heterocycles. The predicted octanol–water partition coefficient (Wildman–Crippen LogP) is -0.153. The van der Waals surface area contributed by atoms with Gasteiger partial charge in [-0.15, -0.1) is 0 Å². The number of aliphatic hydroxyl groups excluding tert-OH is 1. The molecule has 5 N–H and O–H groups in total. The van der Waals surface area contributed by atoms with E-state index in [0.29, 0.717) is 13.0 Å². The lowest BCUT2D eigenvalue weighted by atomic mass is 9.71. The average Bonchev–Trinajstić information content (AvgIpc) is 2.36. The van der Waals surface area contributed by atoms with Crippen LogP contribution in [0.15, 0.2) is 0 Å². The lowest BCUT2D eigenvalue weighted by molar-refractivity contribution is -0.146. The number of rotatable bonds is 6. The number of amides is 1. The Hall–Kier alpha value is -1.14. The monoisotopic (exact) mass is 258 g/mol. The van der Waals surface area contributed by atoms with Crippen LogP contribution in [-0.2, 0) is 9.59 Å². The van der Waals surface area contributed by atoms with Gasteiger partial charge in [0.25, 0.3) is 0 Å². The van der Waals surface area contributed by atoms with Gasteiger partial charge in [-0.2, -0.15) is 0 Å². The molecule has 18 heavy (non-hydrogen) atoms. The number of aliphatic hydroxyl groups is 1. The molecule has 0 aromatic rings. The Bertz CT molecular complexity index is 300. The van der Waals surface area contributed by atoms with Crippen molar-refractivity contribution in [3.63, 3.8) is 0 Å². The first-order valence-corrected chi connectivity index (χ1v) is 6.37. The summed E-state index contributed by atoms with van der Waals surface area (Å²) in [6, 6.07) is 0. The molecule has 1 aliphatic rings. The van der Waals surface area contributed by atoms with Gasteiger partial charge in [0.15, 0.2) is 6.10 Å². The van der Waals surface area contributed by atoms with E-state index >= 15 is 0 Å². The maximum Gasteiger partial charge on any atom is 0.334 e. The fourth-order valence-electron chi connectivity index (χ4n) is 2.46. The molecule has 1 saturated carbocycles. The molecule has 0 spiro atoms. The summed E-state index contributed by atoms with van der Waals surface area (Å²) in [5, 5.41) is 20.0. The number of hydrogen-bond acceptors (Lipinski definition) is 4. The van der Waals surface area contributed by atoms with Gasteiger partial charge in [-0.25, -0.2) is 4.79 Å². The highest BCUT2D eigenvalue weighted by molar-refractivity contribution is 5.78. The number of nitrogens with one attached hydrogen (secondary N) is 1. The Kier molecular flexibility index (Phi) is 5.55. The van der Waals surface area contributed by atoms with E-state index in [0.717, 1.165) is 25.7 Å². The van der Waals surface area contributed by atoms with Crippen LogP contribution in [0.2, 0.25) is 0 Å². The van der Waals surface area contributed by atoms with E-state index in [2.05, 4.69) is 5.32 Å². The highest BCUT2D eigenvalue weighted by Gasteiger charge is 2.33. The molecular weight excluding hydrogens is 236 g/mol. The van der Waals surface area contributed by atoms with Crippen LogP contribution in [0.4, 0.5) is 0 Å². The molecule has 104 valence electrons. The van der Waals surface area contributed by atoms with Crippen molar-refractivity contribution >= 4 is 11.9 Å². The largest absolute Gasteiger partial charge is 0.479 e. The molecule has 0 radical (unpaired) electrons. The van der Waals surface area contributed by atoms with Crippen molar-refractivity contribution < 1.29 is 19.8 Å². The molecule has 1 aliphatic carbocycles. The summed E-state index contributed by atoms with van der Waals surface area (Å²) in [6.07, 6.45) is 4.01. The molecule has 6 heteroatoms. The standard InChI is InChI=1S/C12H22N2O4/c13-8-12(4-2-1-3-5-12)6-10(16)14-7-9(15)11(17)18/h9,15H,1-8,13H2,(H,14,16)(H,17,18). The second-order valence-electron chi connectivity index (χ2n) is 5.10. The van der Waals surface area contributed by atoms with Crippen LogP contribution in [0.5, 0.6) is 0 Å². The van der Waals surface area contributed by atoms with Crippen molar-refractivity contribution in [3.8, 4) is 0 Å². The number of carbonyl (C=O) groups excluding carboxylic acids is 1. The highest BCUT2D eigenvalue weighted by atomic mass is 16.4. The third-order valence-electron chi connectivity index (χ3n) is 3.66. The van der Waals surface area contributed by atoms with Crippen molar-refractivity contribution in [1.29, 1.82) is 0 Å². The summed E-state index contributed by atoms with van der Waals surface area (Å²) in [5.74, 6) is -1.57. The van der Waals surface area contributed by atoms with Gasteiger partial charge in [0.2, 0.25) is 5.91 Å². The molecular formula is C12H22N2O4. The van der Waals surface area contributed by atoms with Crippen LogP contribution in [0, 0.1) is 5.41 Å². The predicted molar refractivity (Wildman–Crippen MR) is 65.8 cm³/mol. The number of aliphatic carboxylic acids is 1. The van der Waals surface area contributed by atoms with Gasteiger partial charge in [0, 0.05) is 6.42 Å². The summed E-state index contributed by atoms with van der Waals surface area (Å²) in [4.78, 5) is 22.1. The van der Waals surface area contributed by atoms with Crippen molar-refractivity contribution in [1.82, 2.24) is 5.32 Å². The fourth-order valence-corrected chi connectivity index (χ4v) is 2.46. The van der Waals surface area contributed by atoms with Crippen LogP contribution < -0.4 is 11.1 Å². The van der Waals surface area contributed by atoms with Crippen LogP contribution in [0.3, 0.4) is 0 Å². The summed E-state index contributed by atoms with van der Waals surface area (Å²) in [6.45, 7) is 0.219.